The van der Waals surface area contributed by atoms with E-state index in [1.165, 1.54) is 10.6 Å². The van der Waals surface area contributed by atoms with Crippen LogP contribution in [0.15, 0.2) is 10.9 Å². The summed E-state index contributed by atoms with van der Waals surface area (Å²) in [5.41, 5.74) is 1.08. The summed E-state index contributed by atoms with van der Waals surface area (Å²) >= 11 is 0. The van der Waals surface area contributed by atoms with Crippen LogP contribution in [0.5, 0.6) is 0 Å². The van der Waals surface area contributed by atoms with E-state index < -0.39 is 5.97 Å². The molecular weight excluding hydrogens is 246 g/mol. The van der Waals surface area contributed by atoms with Crippen LogP contribution in [0, 0.1) is 13.8 Å². The molecule has 5 nitrogen and oxygen atoms in total. The number of carbonyl (C=O) groups is 1. The van der Waals surface area contributed by atoms with Gasteiger partial charge in [-0.25, -0.2) is 4.79 Å². The standard InChI is InChI=1S/C14H19NO4/c1-9-7-12(16)15(10(2)13(9)14(17)18)8-11-5-3-4-6-19-11/h7,11H,3-6,8H2,1-2H3,(H,17,18). The average Bonchev–Trinajstić information content (AvgIpc) is 2.35. The van der Waals surface area contributed by atoms with Crippen LogP contribution in [-0.2, 0) is 11.3 Å². The maximum Gasteiger partial charge on any atom is 0.337 e. The van der Waals surface area contributed by atoms with Crippen LogP contribution >= 0.6 is 0 Å². The van der Waals surface area contributed by atoms with Gasteiger partial charge in [0.1, 0.15) is 0 Å². The highest BCUT2D eigenvalue weighted by Gasteiger charge is 2.20. The number of carboxylic acid groups (broad SMARTS) is 1. The Balaban J connectivity index is 2.36. The molecule has 0 radical (unpaired) electrons. The third-order valence-electron chi connectivity index (χ3n) is 3.64. The van der Waals surface area contributed by atoms with Crippen LogP contribution in [0.2, 0.25) is 0 Å². The Bertz CT molecular complexity index is 541. The van der Waals surface area contributed by atoms with Crippen LogP contribution in [0.3, 0.4) is 0 Å². The van der Waals surface area contributed by atoms with Gasteiger partial charge in [0.2, 0.25) is 0 Å². The van der Waals surface area contributed by atoms with Gasteiger partial charge in [-0.3, -0.25) is 4.79 Å². The van der Waals surface area contributed by atoms with E-state index in [1.54, 1.807) is 13.8 Å². The number of nitrogens with zero attached hydrogens (tertiary/aromatic N) is 1. The number of aromatic nitrogens is 1. The van der Waals surface area contributed by atoms with Gasteiger partial charge < -0.3 is 14.4 Å². The molecule has 0 aliphatic carbocycles. The molecule has 5 heteroatoms. The van der Waals surface area contributed by atoms with Crippen molar-refractivity contribution < 1.29 is 14.6 Å². The fraction of sp³-hybridized carbons (Fsp3) is 0.571. The van der Waals surface area contributed by atoms with Gasteiger partial charge >= 0.3 is 5.97 Å². The predicted molar refractivity (Wildman–Crippen MR) is 70.7 cm³/mol. The third kappa shape index (κ3) is 2.87. The zero-order chi connectivity index (χ0) is 14.0. The second-order valence-electron chi connectivity index (χ2n) is 5.03. The first-order valence-electron chi connectivity index (χ1n) is 6.56. The lowest BCUT2D eigenvalue weighted by Crippen LogP contribution is -2.33. The van der Waals surface area contributed by atoms with Crippen molar-refractivity contribution in [1.29, 1.82) is 0 Å². The zero-order valence-electron chi connectivity index (χ0n) is 11.3. The smallest absolute Gasteiger partial charge is 0.337 e. The number of hydrogen-bond acceptors (Lipinski definition) is 3. The van der Waals surface area contributed by atoms with Gasteiger partial charge in [0.25, 0.3) is 5.56 Å². The fourth-order valence-corrected chi connectivity index (χ4v) is 2.63. The molecule has 0 amide bonds. The van der Waals surface area contributed by atoms with E-state index in [1.807, 2.05) is 0 Å². The van der Waals surface area contributed by atoms with Crippen molar-refractivity contribution in [3.8, 4) is 0 Å². The quantitative estimate of drug-likeness (QED) is 0.903. The van der Waals surface area contributed by atoms with Crippen LogP contribution in [-0.4, -0.2) is 28.4 Å². The molecule has 1 aromatic heterocycles. The van der Waals surface area contributed by atoms with E-state index in [2.05, 4.69) is 0 Å². The molecule has 1 N–H and O–H groups in total. The Morgan fingerprint density at radius 2 is 2.21 bits per heavy atom. The summed E-state index contributed by atoms with van der Waals surface area (Å²) in [6, 6.07) is 1.39. The van der Waals surface area contributed by atoms with E-state index in [0.717, 1.165) is 25.9 Å². The van der Waals surface area contributed by atoms with Crippen molar-refractivity contribution in [3.63, 3.8) is 0 Å². The number of carboxylic acids is 1. The minimum absolute atomic E-state index is 0.00880. The molecule has 19 heavy (non-hydrogen) atoms. The van der Waals surface area contributed by atoms with Crippen molar-refractivity contribution in [2.45, 2.75) is 45.8 Å². The van der Waals surface area contributed by atoms with Crippen molar-refractivity contribution >= 4 is 5.97 Å². The van der Waals surface area contributed by atoms with Crippen LogP contribution in [0.1, 0.15) is 40.9 Å². The van der Waals surface area contributed by atoms with Gasteiger partial charge in [0, 0.05) is 18.4 Å². The first-order chi connectivity index (χ1) is 9.00. The molecule has 1 aliphatic heterocycles. The van der Waals surface area contributed by atoms with E-state index in [0.29, 0.717) is 17.8 Å². The van der Waals surface area contributed by atoms with E-state index in [4.69, 9.17) is 4.74 Å². The maximum atomic E-state index is 12.0. The number of ether oxygens (including phenoxy) is 1. The second-order valence-corrected chi connectivity index (χ2v) is 5.03. The van der Waals surface area contributed by atoms with Crippen molar-refractivity contribution in [2.24, 2.45) is 0 Å². The molecule has 0 spiro atoms. The van der Waals surface area contributed by atoms with E-state index in [-0.39, 0.29) is 17.2 Å². The molecule has 1 atom stereocenters. The van der Waals surface area contributed by atoms with Gasteiger partial charge in [-0.2, -0.15) is 0 Å². The zero-order valence-corrected chi connectivity index (χ0v) is 11.3. The Morgan fingerprint density at radius 3 is 2.79 bits per heavy atom. The van der Waals surface area contributed by atoms with Crippen molar-refractivity contribution in [1.82, 2.24) is 4.57 Å². The number of rotatable bonds is 3. The van der Waals surface area contributed by atoms with Crippen LogP contribution in [0.4, 0.5) is 0 Å². The van der Waals surface area contributed by atoms with Gasteiger partial charge in [-0.1, -0.05) is 0 Å². The fourth-order valence-electron chi connectivity index (χ4n) is 2.63. The monoisotopic (exact) mass is 265 g/mol. The summed E-state index contributed by atoms with van der Waals surface area (Å²) in [6.07, 6.45) is 3.08. The lowest BCUT2D eigenvalue weighted by molar-refractivity contribution is 0.00500. The summed E-state index contributed by atoms with van der Waals surface area (Å²) in [7, 11) is 0. The SMILES string of the molecule is Cc1cc(=O)n(CC2CCCCO2)c(C)c1C(=O)O. The lowest BCUT2D eigenvalue weighted by atomic mass is 10.1. The molecule has 0 saturated carbocycles. The minimum atomic E-state index is -0.992. The summed E-state index contributed by atoms with van der Waals surface area (Å²) in [4.78, 5) is 23.3. The Labute approximate surface area is 111 Å². The first-order valence-corrected chi connectivity index (χ1v) is 6.56. The topological polar surface area (TPSA) is 68.5 Å². The molecule has 0 bridgehead atoms. The molecule has 0 aromatic carbocycles. The molecule has 2 heterocycles. The highest BCUT2D eigenvalue weighted by Crippen LogP contribution is 2.17. The van der Waals surface area contributed by atoms with E-state index >= 15 is 0 Å². The molecular formula is C14H19NO4. The molecule has 1 saturated heterocycles. The lowest BCUT2D eigenvalue weighted by Gasteiger charge is -2.24. The number of aromatic carboxylic acids is 1. The highest BCUT2D eigenvalue weighted by molar-refractivity contribution is 5.90. The van der Waals surface area contributed by atoms with Gasteiger partial charge in [-0.05, 0) is 38.7 Å². The molecule has 1 aliphatic rings. The summed E-state index contributed by atoms with van der Waals surface area (Å²) in [5.74, 6) is -0.992. The van der Waals surface area contributed by atoms with Gasteiger partial charge in [-0.15, -0.1) is 0 Å². The van der Waals surface area contributed by atoms with E-state index in [9.17, 15) is 14.7 Å². The number of aryl methyl sites for hydroxylation is 1. The molecule has 1 unspecified atom stereocenters. The maximum absolute atomic E-state index is 12.0. The minimum Gasteiger partial charge on any atom is -0.478 e. The molecule has 1 aromatic rings. The van der Waals surface area contributed by atoms with Crippen LogP contribution in [0.25, 0.3) is 0 Å². The second kappa shape index (κ2) is 5.57. The predicted octanol–water partition coefficient (Wildman–Crippen LogP) is 1.73. The molecule has 104 valence electrons. The largest absolute Gasteiger partial charge is 0.478 e. The first kappa shape index (κ1) is 13.8. The summed E-state index contributed by atoms with van der Waals surface area (Å²) in [6.45, 7) is 4.49. The normalized spacial score (nSPS) is 19.4. The third-order valence-corrected chi connectivity index (χ3v) is 3.64. The van der Waals surface area contributed by atoms with Crippen molar-refractivity contribution in [2.75, 3.05) is 6.61 Å². The van der Waals surface area contributed by atoms with Gasteiger partial charge in [0.15, 0.2) is 0 Å². The number of hydrogen-bond donors (Lipinski definition) is 1. The summed E-state index contributed by atoms with van der Waals surface area (Å²) in [5, 5.41) is 9.22. The van der Waals surface area contributed by atoms with Crippen LogP contribution < -0.4 is 5.56 Å². The van der Waals surface area contributed by atoms with Gasteiger partial charge in [0.05, 0.1) is 18.2 Å². The molecule has 2 rings (SSSR count). The summed E-state index contributed by atoms with van der Waals surface area (Å²) < 4.78 is 7.14. The average molecular weight is 265 g/mol. The Morgan fingerprint density at radius 1 is 1.47 bits per heavy atom. The Hall–Kier alpha value is -1.62. The number of pyridine rings is 1. The molecule has 1 fully saturated rings. The Kier molecular flexibility index (Phi) is 4.04. The highest BCUT2D eigenvalue weighted by atomic mass is 16.5. The van der Waals surface area contributed by atoms with Crippen molar-refractivity contribution in [3.05, 3.63) is 33.2 Å².